The molecule has 1 aromatic carbocycles. The van der Waals surface area contributed by atoms with Gasteiger partial charge in [0.15, 0.2) is 0 Å². The molecule has 1 unspecified atom stereocenters. The Kier molecular flexibility index (Phi) is 5.76. The third-order valence-electron chi connectivity index (χ3n) is 4.99. The molecule has 0 saturated carbocycles. The Labute approximate surface area is 174 Å². The van der Waals surface area contributed by atoms with Gasteiger partial charge in [0, 0.05) is 31.3 Å². The minimum Gasteiger partial charge on any atom is -0.477 e. The van der Waals surface area contributed by atoms with E-state index in [1.807, 2.05) is 30.0 Å². The molecule has 2 aromatic heterocycles. The van der Waals surface area contributed by atoms with E-state index < -0.39 is 0 Å². The molecule has 1 aliphatic heterocycles. The van der Waals surface area contributed by atoms with E-state index in [-0.39, 0.29) is 11.8 Å². The molecule has 4 rings (SSSR count). The van der Waals surface area contributed by atoms with E-state index in [0.29, 0.717) is 35.3 Å². The average molecular weight is 412 g/mol. The minimum absolute atomic E-state index is 0.00434. The van der Waals surface area contributed by atoms with Crippen molar-refractivity contribution in [2.24, 2.45) is 5.92 Å². The number of aryl methyl sites for hydroxylation is 1. The van der Waals surface area contributed by atoms with Crippen LogP contribution in [0, 0.1) is 12.8 Å². The number of carbonyl (C=O) groups excluding carboxylic acids is 1. The van der Waals surface area contributed by atoms with Crippen LogP contribution in [-0.2, 0) is 0 Å². The van der Waals surface area contributed by atoms with Crippen LogP contribution in [0.3, 0.4) is 0 Å². The second kappa shape index (κ2) is 8.61. The highest BCUT2D eigenvalue weighted by molar-refractivity contribution is 6.30. The Balaban J connectivity index is 1.46. The number of amides is 1. The standard InChI is InChI=1S/C21H22ClN5O2/c1-15-4-6-19(27-24-8-9-25-27)18(11-15)21(28)26-10-2-3-16(13-26)14-29-20-7-5-17(22)12-23-20/h4-9,11-12,16H,2-3,10,13-14H2,1H3. The fourth-order valence-corrected chi connectivity index (χ4v) is 3.65. The molecule has 0 radical (unpaired) electrons. The Hall–Kier alpha value is -2.93. The summed E-state index contributed by atoms with van der Waals surface area (Å²) in [5.74, 6) is 0.792. The topological polar surface area (TPSA) is 73.1 Å². The van der Waals surface area contributed by atoms with Gasteiger partial charge in [-0.3, -0.25) is 4.79 Å². The Morgan fingerprint density at radius 2 is 2.07 bits per heavy atom. The molecule has 0 spiro atoms. The number of rotatable bonds is 5. The van der Waals surface area contributed by atoms with Gasteiger partial charge in [-0.25, -0.2) is 4.98 Å². The van der Waals surface area contributed by atoms with Gasteiger partial charge in [0.25, 0.3) is 5.91 Å². The summed E-state index contributed by atoms with van der Waals surface area (Å²) in [6, 6.07) is 9.26. The highest BCUT2D eigenvalue weighted by Gasteiger charge is 2.27. The number of piperidine rings is 1. The lowest BCUT2D eigenvalue weighted by molar-refractivity contribution is 0.0631. The number of ether oxygens (including phenoxy) is 1. The maximum Gasteiger partial charge on any atom is 0.256 e. The smallest absolute Gasteiger partial charge is 0.256 e. The number of nitrogens with zero attached hydrogens (tertiary/aromatic N) is 5. The van der Waals surface area contributed by atoms with Gasteiger partial charge >= 0.3 is 0 Å². The summed E-state index contributed by atoms with van der Waals surface area (Å²) in [7, 11) is 0. The summed E-state index contributed by atoms with van der Waals surface area (Å²) in [5.41, 5.74) is 2.33. The molecule has 3 aromatic rings. The molecule has 0 N–H and O–H groups in total. The molecular formula is C21H22ClN5O2. The van der Waals surface area contributed by atoms with E-state index in [0.717, 1.165) is 24.9 Å². The van der Waals surface area contributed by atoms with Crippen molar-refractivity contribution in [1.82, 2.24) is 24.9 Å². The zero-order valence-corrected chi connectivity index (χ0v) is 16.9. The summed E-state index contributed by atoms with van der Waals surface area (Å²) in [6.45, 7) is 3.86. The number of likely N-dealkylation sites (tertiary alicyclic amines) is 1. The van der Waals surface area contributed by atoms with Crippen LogP contribution < -0.4 is 4.74 Å². The van der Waals surface area contributed by atoms with Crippen molar-refractivity contribution in [3.05, 3.63) is 65.1 Å². The molecule has 1 atom stereocenters. The van der Waals surface area contributed by atoms with Crippen molar-refractivity contribution in [2.45, 2.75) is 19.8 Å². The third kappa shape index (κ3) is 4.56. The van der Waals surface area contributed by atoms with Crippen LogP contribution in [0.2, 0.25) is 5.02 Å². The van der Waals surface area contributed by atoms with Crippen molar-refractivity contribution in [2.75, 3.05) is 19.7 Å². The number of halogens is 1. The molecular weight excluding hydrogens is 390 g/mol. The predicted octanol–water partition coefficient (Wildman–Crippen LogP) is 3.56. The number of pyridine rings is 1. The van der Waals surface area contributed by atoms with Crippen LogP contribution in [0.1, 0.15) is 28.8 Å². The third-order valence-corrected chi connectivity index (χ3v) is 5.21. The van der Waals surface area contributed by atoms with Gasteiger partial charge in [-0.15, -0.1) is 0 Å². The Morgan fingerprint density at radius 1 is 1.24 bits per heavy atom. The monoisotopic (exact) mass is 411 g/mol. The largest absolute Gasteiger partial charge is 0.477 e. The van der Waals surface area contributed by atoms with Crippen molar-refractivity contribution in [1.29, 1.82) is 0 Å². The highest BCUT2D eigenvalue weighted by atomic mass is 35.5. The van der Waals surface area contributed by atoms with Crippen molar-refractivity contribution < 1.29 is 9.53 Å². The van der Waals surface area contributed by atoms with Crippen LogP contribution in [0.15, 0.2) is 48.9 Å². The summed E-state index contributed by atoms with van der Waals surface area (Å²) >= 11 is 5.86. The number of carbonyl (C=O) groups is 1. The van der Waals surface area contributed by atoms with Crippen LogP contribution in [0.25, 0.3) is 5.69 Å². The molecule has 0 bridgehead atoms. The quantitative estimate of drug-likeness (QED) is 0.641. The van der Waals surface area contributed by atoms with Crippen LogP contribution in [0.4, 0.5) is 0 Å². The lowest BCUT2D eigenvalue weighted by atomic mass is 9.97. The van der Waals surface area contributed by atoms with Crippen LogP contribution >= 0.6 is 11.6 Å². The first-order valence-corrected chi connectivity index (χ1v) is 9.99. The van der Waals surface area contributed by atoms with Crippen molar-refractivity contribution in [3.8, 4) is 11.6 Å². The molecule has 7 nitrogen and oxygen atoms in total. The Morgan fingerprint density at radius 3 is 2.83 bits per heavy atom. The van der Waals surface area contributed by atoms with E-state index in [1.165, 1.54) is 4.80 Å². The molecule has 8 heteroatoms. The first-order chi connectivity index (χ1) is 14.1. The summed E-state index contributed by atoms with van der Waals surface area (Å²) < 4.78 is 5.80. The van der Waals surface area contributed by atoms with Gasteiger partial charge in [0.1, 0.15) is 0 Å². The second-order valence-electron chi connectivity index (χ2n) is 7.22. The SMILES string of the molecule is Cc1ccc(-n2nccn2)c(C(=O)N2CCCC(COc3ccc(Cl)cn3)C2)c1. The lowest BCUT2D eigenvalue weighted by Gasteiger charge is -2.33. The van der Waals surface area contributed by atoms with E-state index in [9.17, 15) is 4.79 Å². The van der Waals surface area contributed by atoms with Gasteiger partial charge < -0.3 is 9.64 Å². The van der Waals surface area contributed by atoms with Gasteiger partial charge in [-0.2, -0.15) is 15.0 Å². The molecule has 1 fully saturated rings. The van der Waals surface area contributed by atoms with E-state index in [4.69, 9.17) is 16.3 Å². The summed E-state index contributed by atoms with van der Waals surface area (Å²) in [5, 5.41) is 8.95. The van der Waals surface area contributed by atoms with E-state index in [2.05, 4.69) is 15.2 Å². The molecule has 29 heavy (non-hydrogen) atoms. The summed E-state index contributed by atoms with van der Waals surface area (Å²) in [6.07, 6.45) is 6.73. The minimum atomic E-state index is -0.00434. The molecule has 0 aliphatic carbocycles. The zero-order chi connectivity index (χ0) is 20.2. The molecule has 150 valence electrons. The molecule has 1 saturated heterocycles. The molecule has 1 amide bonds. The maximum absolute atomic E-state index is 13.3. The van der Waals surface area contributed by atoms with Gasteiger partial charge in [-0.1, -0.05) is 23.2 Å². The summed E-state index contributed by atoms with van der Waals surface area (Å²) in [4.78, 5) is 20.9. The van der Waals surface area contributed by atoms with Crippen LogP contribution in [0.5, 0.6) is 5.88 Å². The molecule has 1 aliphatic rings. The van der Waals surface area contributed by atoms with Gasteiger partial charge in [-0.05, 0) is 38.0 Å². The average Bonchev–Trinajstić information content (AvgIpc) is 3.28. The Bertz CT molecular complexity index is 975. The van der Waals surface area contributed by atoms with E-state index in [1.54, 1.807) is 30.7 Å². The second-order valence-corrected chi connectivity index (χ2v) is 7.66. The van der Waals surface area contributed by atoms with Crippen LogP contribution in [-0.4, -0.2) is 50.5 Å². The first kappa shape index (κ1) is 19.4. The fourth-order valence-electron chi connectivity index (χ4n) is 3.54. The first-order valence-electron chi connectivity index (χ1n) is 9.61. The van der Waals surface area contributed by atoms with Crippen molar-refractivity contribution >= 4 is 17.5 Å². The van der Waals surface area contributed by atoms with E-state index >= 15 is 0 Å². The number of aromatic nitrogens is 4. The lowest BCUT2D eigenvalue weighted by Crippen LogP contribution is -2.42. The van der Waals surface area contributed by atoms with Gasteiger partial charge in [0.2, 0.25) is 5.88 Å². The van der Waals surface area contributed by atoms with Crippen molar-refractivity contribution in [3.63, 3.8) is 0 Å². The number of hydrogen-bond donors (Lipinski definition) is 0. The number of benzene rings is 1. The highest BCUT2D eigenvalue weighted by Crippen LogP contribution is 2.23. The maximum atomic E-state index is 13.3. The fraction of sp³-hybridized carbons (Fsp3) is 0.333. The predicted molar refractivity (Wildman–Crippen MR) is 109 cm³/mol. The normalized spacial score (nSPS) is 16.6. The van der Waals surface area contributed by atoms with Gasteiger partial charge in [0.05, 0.1) is 35.3 Å². The number of hydrogen-bond acceptors (Lipinski definition) is 5. The zero-order valence-electron chi connectivity index (χ0n) is 16.2. The molecule has 3 heterocycles.